The molecule has 0 aliphatic rings. The Labute approximate surface area is 159 Å². The largest absolute Gasteiger partial charge is 0.371 e. The maximum absolute atomic E-state index is 11.3. The molecule has 8 nitrogen and oxygen atoms in total. The highest BCUT2D eigenvalue weighted by Crippen LogP contribution is 2.35. The Morgan fingerprint density at radius 3 is 2.74 bits per heavy atom. The Bertz CT molecular complexity index is 1130. The number of pyridine rings is 1. The number of amides is 1. The number of aromatic nitrogens is 4. The van der Waals surface area contributed by atoms with Crippen LogP contribution < -0.4 is 16.4 Å². The van der Waals surface area contributed by atoms with Crippen LogP contribution in [0.4, 0.5) is 5.82 Å². The SMILES string of the molecule is CNc1nc2nc(-c3ccc(CNC(=O)CN)cc3)sc2c2c1ncn2C. The van der Waals surface area contributed by atoms with Gasteiger partial charge in [0.25, 0.3) is 0 Å². The molecule has 4 rings (SSSR count). The van der Waals surface area contributed by atoms with Crippen LogP contribution in [0.15, 0.2) is 30.6 Å². The van der Waals surface area contributed by atoms with Crippen LogP contribution in [-0.2, 0) is 18.4 Å². The molecule has 27 heavy (non-hydrogen) atoms. The summed E-state index contributed by atoms with van der Waals surface area (Å²) in [6, 6.07) is 7.96. The van der Waals surface area contributed by atoms with Gasteiger partial charge in [-0.05, 0) is 5.56 Å². The van der Waals surface area contributed by atoms with Gasteiger partial charge < -0.3 is 20.9 Å². The van der Waals surface area contributed by atoms with Gasteiger partial charge in [-0.3, -0.25) is 4.79 Å². The molecule has 4 aromatic rings. The lowest BCUT2D eigenvalue weighted by atomic mass is 10.1. The molecule has 0 unspecified atom stereocenters. The highest BCUT2D eigenvalue weighted by atomic mass is 32.1. The van der Waals surface area contributed by atoms with Crippen molar-refractivity contribution in [1.29, 1.82) is 0 Å². The number of hydrogen-bond donors (Lipinski definition) is 3. The van der Waals surface area contributed by atoms with E-state index in [1.54, 1.807) is 17.7 Å². The van der Waals surface area contributed by atoms with Gasteiger partial charge in [-0.25, -0.2) is 15.0 Å². The van der Waals surface area contributed by atoms with E-state index in [2.05, 4.69) is 20.6 Å². The number of hydrogen-bond acceptors (Lipinski definition) is 7. The zero-order chi connectivity index (χ0) is 19.0. The van der Waals surface area contributed by atoms with Gasteiger partial charge in [0.2, 0.25) is 5.91 Å². The molecule has 4 N–H and O–H groups in total. The van der Waals surface area contributed by atoms with E-state index in [9.17, 15) is 4.79 Å². The molecule has 0 fully saturated rings. The average Bonchev–Trinajstić information content (AvgIpc) is 3.29. The third kappa shape index (κ3) is 3.11. The lowest BCUT2D eigenvalue weighted by Crippen LogP contribution is -2.29. The van der Waals surface area contributed by atoms with Gasteiger partial charge in [0.15, 0.2) is 11.5 Å². The van der Waals surface area contributed by atoms with Crippen molar-refractivity contribution in [2.24, 2.45) is 12.8 Å². The molecule has 9 heteroatoms. The van der Waals surface area contributed by atoms with Crippen LogP contribution in [0.3, 0.4) is 0 Å². The molecular formula is C18H19N7OS. The number of aryl methyl sites for hydroxylation is 1. The monoisotopic (exact) mass is 381 g/mol. The van der Waals surface area contributed by atoms with Crippen LogP contribution in [0.25, 0.3) is 32.0 Å². The van der Waals surface area contributed by atoms with E-state index in [1.165, 1.54) is 0 Å². The summed E-state index contributed by atoms with van der Waals surface area (Å²) in [5.41, 5.74) is 9.88. The normalized spacial score (nSPS) is 11.2. The smallest absolute Gasteiger partial charge is 0.234 e. The van der Waals surface area contributed by atoms with Crippen molar-refractivity contribution in [3.63, 3.8) is 0 Å². The fraction of sp³-hybridized carbons (Fsp3) is 0.222. The molecule has 0 spiro atoms. The number of nitrogens with one attached hydrogen (secondary N) is 2. The molecule has 0 atom stereocenters. The minimum Gasteiger partial charge on any atom is -0.371 e. The summed E-state index contributed by atoms with van der Waals surface area (Å²) in [5.74, 6) is 0.554. The molecule has 138 valence electrons. The zero-order valence-electron chi connectivity index (χ0n) is 15.0. The van der Waals surface area contributed by atoms with Crippen LogP contribution in [0.2, 0.25) is 0 Å². The van der Waals surface area contributed by atoms with Crippen LogP contribution in [-0.4, -0.2) is 39.0 Å². The predicted octanol–water partition coefficient (Wildman–Crippen LogP) is 1.86. The van der Waals surface area contributed by atoms with Gasteiger partial charge >= 0.3 is 0 Å². The van der Waals surface area contributed by atoms with Crippen molar-refractivity contribution >= 4 is 44.4 Å². The topological polar surface area (TPSA) is 111 Å². The van der Waals surface area contributed by atoms with E-state index in [0.717, 1.165) is 37.7 Å². The van der Waals surface area contributed by atoms with Crippen LogP contribution in [0.1, 0.15) is 5.56 Å². The number of imidazole rings is 1. The van der Waals surface area contributed by atoms with E-state index in [-0.39, 0.29) is 12.5 Å². The Morgan fingerprint density at radius 1 is 1.26 bits per heavy atom. The molecule has 0 saturated carbocycles. The lowest BCUT2D eigenvalue weighted by Gasteiger charge is -2.04. The first-order chi connectivity index (χ1) is 13.1. The third-order valence-electron chi connectivity index (χ3n) is 4.32. The molecule has 0 aliphatic carbocycles. The fourth-order valence-corrected chi connectivity index (χ4v) is 4.01. The summed E-state index contributed by atoms with van der Waals surface area (Å²) < 4.78 is 3.00. The summed E-state index contributed by atoms with van der Waals surface area (Å²) in [4.78, 5) is 25.1. The quantitative estimate of drug-likeness (QED) is 0.487. The summed E-state index contributed by atoms with van der Waals surface area (Å²) in [5, 5.41) is 6.75. The van der Waals surface area contributed by atoms with Gasteiger partial charge in [0.1, 0.15) is 15.2 Å². The number of nitrogens with zero attached hydrogens (tertiary/aromatic N) is 4. The number of fused-ring (bicyclic) bond motifs is 3. The number of thiazole rings is 1. The summed E-state index contributed by atoms with van der Waals surface area (Å²) in [7, 11) is 3.80. The molecule has 3 heterocycles. The van der Waals surface area contributed by atoms with Crippen molar-refractivity contribution < 1.29 is 4.79 Å². The van der Waals surface area contributed by atoms with E-state index >= 15 is 0 Å². The zero-order valence-corrected chi connectivity index (χ0v) is 15.8. The van der Waals surface area contributed by atoms with Crippen LogP contribution >= 0.6 is 11.3 Å². The van der Waals surface area contributed by atoms with Crippen molar-refractivity contribution in [2.45, 2.75) is 6.54 Å². The maximum Gasteiger partial charge on any atom is 0.234 e. The number of nitrogens with two attached hydrogens (primary N) is 1. The molecule has 0 radical (unpaired) electrons. The van der Waals surface area contributed by atoms with Crippen molar-refractivity contribution in [2.75, 3.05) is 18.9 Å². The summed E-state index contributed by atoms with van der Waals surface area (Å²) in [6.45, 7) is 0.451. The van der Waals surface area contributed by atoms with Gasteiger partial charge in [-0.1, -0.05) is 24.3 Å². The number of rotatable bonds is 5. The molecular weight excluding hydrogens is 362 g/mol. The molecule has 0 saturated heterocycles. The Morgan fingerprint density at radius 2 is 2.04 bits per heavy atom. The number of carbonyl (C=O) groups excluding carboxylic acids is 1. The molecule has 3 aromatic heterocycles. The minimum atomic E-state index is -0.170. The first-order valence-corrected chi connectivity index (χ1v) is 9.27. The number of carbonyl (C=O) groups is 1. The average molecular weight is 381 g/mol. The van der Waals surface area contributed by atoms with Crippen LogP contribution in [0.5, 0.6) is 0 Å². The fourth-order valence-electron chi connectivity index (χ4n) is 2.91. The summed E-state index contributed by atoms with van der Waals surface area (Å²) in [6.07, 6.45) is 1.79. The molecule has 1 aromatic carbocycles. The van der Waals surface area contributed by atoms with E-state index in [4.69, 9.17) is 10.7 Å². The second-order valence-electron chi connectivity index (χ2n) is 6.11. The predicted molar refractivity (Wildman–Crippen MR) is 108 cm³/mol. The van der Waals surface area contributed by atoms with Crippen molar-refractivity contribution in [3.8, 4) is 10.6 Å². The Balaban J connectivity index is 1.71. The molecule has 0 bridgehead atoms. The van der Waals surface area contributed by atoms with E-state index < -0.39 is 0 Å². The van der Waals surface area contributed by atoms with Gasteiger partial charge in [0, 0.05) is 26.2 Å². The van der Waals surface area contributed by atoms with Crippen LogP contribution in [0, 0.1) is 0 Å². The second-order valence-corrected chi connectivity index (χ2v) is 7.11. The van der Waals surface area contributed by atoms with Crippen molar-refractivity contribution in [3.05, 3.63) is 36.2 Å². The van der Waals surface area contributed by atoms with E-state index in [1.807, 2.05) is 42.9 Å². The second kappa shape index (κ2) is 6.93. The van der Waals surface area contributed by atoms with Gasteiger partial charge in [-0.2, -0.15) is 0 Å². The standard InChI is InChI=1S/C18H19N7OS/c1-20-16-13-14(25(2)9-22-13)15-17(23-16)24-18(27-15)11-5-3-10(4-6-11)8-21-12(26)7-19/h3-6,9H,7-8,19H2,1-2H3,(H,20,23)(H,21,26). The number of benzene rings is 1. The molecule has 1 amide bonds. The van der Waals surface area contributed by atoms with E-state index in [0.29, 0.717) is 12.2 Å². The number of anilines is 1. The van der Waals surface area contributed by atoms with Crippen molar-refractivity contribution in [1.82, 2.24) is 24.8 Å². The van der Waals surface area contributed by atoms with Gasteiger partial charge in [-0.15, -0.1) is 11.3 Å². The summed E-state index contributed by atoms with van der Waals surface area (Å²) >= 11 is 1.60. The molecule has 0 aliphatic heterocycles. The Hall–Kier alpha value is -3.04. The maximum atomic E-state index is 11.3. The highest BCUT2D eigenvalue weighted by Gasteiger charge is 2.16. The first-order valence-electron chi connectivity index (χ1n) is 8.46. The minimum absolute atomic E-state index is 0.00608. The highest BCUT2D eigenvalue weighted by molar-refractivity contribution is 7.22. The third-order valence-corrected chi connectivity index (χ3v) is 5.42. The lowest BCUT2D eigenvalue weighted by molar-refractivity contribution is -0.119. The Kier molecular flexibility index (Phi) is 4.46. The van der Waals surface area contributed by atoms with Gasteiger partial charge in [0.05, 0.1) is 18.4 Å². The first kappa shape index (κ1) is 17.4.